The third-order valence-electron chi connectivity index (χ3n) is 0. The Kier molecular flexibility index (Phi) is 36.5. The van der Waals surface area contributed by atoms with E-state index < -0.39 is 12.2 Å². The average molecular weight is 166 g/mol. The Labute approximate surface area is 102 Å². The van der Waals surface area contributed by atoms with E-state index in [1.165, 1.54) is 0 Å². The molecule has 0 saturated heterocycles. The molecule has 10 heavy (non-hydrogen) atoms. The molecular formula is C2H4N2Na2O4. The SMILES string of the molecule is NC(N)=O.O=C([O-])[O-].[Na+].[Na+]. The molecule has 0 saturated carbocycles. The first-order chi connectivity index (χ1) is 3.46. The summed E-state index contributed by atoms with van der Waals surface area (Å²) in [4.78, 5) is 17.3. The number of hydrogen-bond acceptors (Lipinski definition) is 4. The summed E-state index contributed by atoms with van der Waals surface area (Å²) in [6.45, 7) is 0. The summed E-state index contributed by atoms with van der Waals surface area (Å²) < 4.78 is 0. The summed E-state index contributed by atoms with van der Waals surface area (Å²) >= 11 is 0. The van der Waals surface area contributed by atoms with Crippen molar-refractivity contribution in [2.45, 2.75) is 0 Å². The van der Waals surface area contributed by atoms with Crippen molar-refractivity contribution >= 4 is 12.2 Å². The largest absolute Gasteiger partial charge is 1.00 e. The first-order valence-corrected chi connectivity index (χ1v) is 1.39. The fraction of sp³-hybridized carbons (Fsp3) is 0. The predicted octanol–water partition coefficient (Wildman–Crippen LogP) is -9.42. The van der Waals surface area contributed by atoms with E-state index in [-0.39, 0.29) is 59.1 Å². The maximum atomic E-state index is 9.00. The van der Waals surface area contributed by atoms with Crippen molar-refractivity contribution in [2.75, 3.05) is 0 Å². The standard InChI is InChI=1S/CH4N2O.CH2O3.2Na/c2*2-1(3)4;;/h(H4,2,3,4);(H2,2,3,4);;/q;;2*+1/p-2. The van der Waals surface area contributed by atoms with Gasteiger partial charge < -0.3 is 26.5 Å². The molecule has 0 fully saturated rings. The monoisotopic (exact) mass is 166 g/mol. The number of rotatable bonds is 0. The van der Waals surface area contributed by atoms with Gasteiger partial charge in [-0.25, -0.2) is 4.79 Å². The van der Waals surface area contributed by atoms with Crippen molar-refractivity contribution in [3.05, 3.63) is 0 Å². The van der Waals surface area contributed by atoms with Crippen molar-refractivity contribution in [3.63, 3.8) is 0 Å². The Morgan fingerprint density at radius 1 is 1.00 bits per heavy atom. The number of carbonyl (C=O) groups excluding carboxylic acids is 2. The van der Waals surface area contributed by atoms with Gasteiger partial charge in [-0.1, -0.05) is 0 Å². The van der Waals surface area contributed by atoms with Crippen LogP contribution in [0.1, 0.15) is 0 Å². The Morgan fingerprint density at radius 2 is 1.00 bits per heavy atom. The smallest absolute Gasteiger partial charge is 0.652 e. The molecule has 4 N–H and O–H groups in total. The van der Waals surface area contributed by atoms with Crippen LogP contribution in [-0.4, -0.2) is 12.2 Å². The molecule has 0 aromatic heterocycles. The van der Waals surface area contributed by atoms with E-state index in [2.05, 4.69) is 11.5 Å². The molecule has 0 bridgehead atoms. The van der Waals surface area contributed by atoms with Gasteiger partial charge in [0.1, 0.15) is 0 Å². The number of carbonyl (C=O) groups is 2. The van der Waals surface area contributed by atoms with Crippen LogP contribution in [0.25, 0.3) is 0 Å². The second-order valence-electron chi connectivity index (χ2n) is 0.652. The third-order valence-corrected chi connectivity index (χ3v) is 0. The van der Waals surface area contributed by atoms with Crippen LogP contribution in [0.3, 0.4) is 0 Å². The fourth-order valence-corrected chi connectivity index (χ4v) is 0. The van der Waals surface area contributed by atoms with E-state index in [1.807, 2.05) is 0 Å². The van der Waals surface area contributed by atoms with Crippen LogP contribution in [0, 0.1) is 0 Å². The number of nitrogens with two attached hydrogens (primary N) is 2. The van der Waals surface area contributed by atoms with Crippen molar-refractivity contribution in [2.24, 2.45) is 11.5 Å². The van der Waals surface area contributed by atoms with Gasteiger partial charge in [-0.05, 0) is 6.16 Å². The summed E-state index contributed by atoms with van der Waals surface area (Å²) in [5.41, 5.74) is 8.50. The van der Waals surface area contributed by atoms with Gasteiger partial charge in [0.15, 0.2) is 0 Å². The van der Waals surface area contributed by atoms with E-state index in [4.69, 9.17) is 19.8 Å². The van der Waals surface area contributed by atoms with Crippen LogP contribution in [0.15, 0.2) is 0 Å². The molecule has 2 amide bonds. The predicted molar refractivity (Wildman–Crippen MR) is 19.2 cm³/mol. The Bertz CT molecular complexity index is 77.3. The summed E-state index contributed by atoms with van der Waals surface area (Å²) in [6.07, 6.45) is -2.33. The molecule has 0 aromatic carbocycles. The fourth-order valence-electron chi connectivity index (χ4n) is 0. The number of urea groups is 1. The first-order valence-electron chi connectivity index (χ1n) is 1.39. The van der Waals surface area contributed by atoms with Gasteiger partial charge >= 0.3 is 65.1 Å². The van der Waals surface area contributed by atoms with E-state index in [1.54, 1.807) is 0 Å². The maximum Gasteiger partial charge on any atom is 1.00 e. The topological polar surface area (TPSA) is 132 Å². The second-order valence-corrected chi connectivity index (χ2v) is 0.652. The first kappa shape index (κ1) is 22.4. The van der Waals surface area contributed by atoms with Crippen LogP contribution in [0.5, 0.6) is 0 Å². The maximum absolute atomic E-state index is 9.00. The van der Waals surface area contributed by atoms with Gasteiger partial charge in [-0.2, -0.15) is 0 Å². The Balaban J connectivity index is -0.0000000300. The van der Waals surface area contributed by atoms with E-state index >= 15 is 0 Å². The molecule has 0 aliphatic rings. The molecule has 0 rings (SSSR count). The zero-order chi connectivity index (χ0) is 7.15. The number of amides is 2. The number of primary amides is 2. The van der Waals surface area contributed by atoms with Crippen LogP contribution in [0.4, 0.5) is 9.59 Å². The van der Waals surface area contributed by atoms with Crippen LogP contribution in [0.2, 0.25) is 0 Å². The normalized spacial score (nSPS) is 4.80. The van der Waals surface area contributed by atoms with E-state index in [0.29, 0.717) is 0 Å². The molecule has 8 heteroatoms. The van der Waals surface area contributed by atoms with Gasteiger partial charge in [0.2, 0.25) is 0 Å². The average Bonchev–Trinajstić information content (AvgIpc) is 1.25. The van der Waals surface area contributed by atoms with Gasteiger partial charge in [-0.3, -0.25) is 0 Å². The molecule has 48 valence electrons. The van der Waals surface area contributed by atoms with Crippen molar-refractivity contribution in [3.8, 4) is 0 Å². The molecule has 0 aliphatic heterocycles. The third kappa shape index (κ3) is 1660. The van der Waals surface area contributed by atoms with Gasteiger partial charge in [-0.15, -0.1) is 0 Å². The zero-order valence-electron chi connectivity index (χ0n) is 5.79. The molecule has 0 aliphatic carbocycles. The minimum absolute atomic E-state index is 0. The summed E-state index contributed by atoms with van der Waals surface area (Å²) in [5.74, 6) is 0. The Hall–Kier alpha value is 0.540. The molecular weight excluding hydrogens is 162 g/mol. The van der Waals surface area contributed by atoms with Gasteiger partial charge in [0.25, 0.3) is 0 Å². The minimum Gasteiger partial charge on any atom is -0.652 e. The summed E-state index contributed by atoms with van der Waals surface area (Å²) in [5, 5.41) is 16.7. The molecule has 0 radical (unpaired) electrons. The van der Waals surface area contributed by atoms with Crippen LogP contribution >= 0.6 is 0 Å². The molecule has 0 atom stereocenters. The molecule has 0 unspecified atom stereocenters. The van der Waals surface area contributed by atoms with Crippen molar-refractivity contribution < 1.29 is 78.9 Å². The van der Waals surface area contributed by atoms with Crippen LogP contribution < -0.4 is 80.8 Å². The summed E-state index contributed by atoms with van der Waals surface area (Å²) in [6, 6.07) is -0.833. The zero-order valence-corrected chi connectivity index (χ0v) is 9.79. The van der Waals surface area contributed by atoms with E-state index in [9.17, 15) is 0 Å². The van der Waals surface area contributed by atoms with E-state index in [0.717, 1.165) is 0 Å². The van der Waals surface area contributed by atoms with Crippen LogP contribution in [-0.2, 0) is 0 Å². The molecule has 0 aromatic rings. The number of hydrogen-bond donors (Lipinski definition) is 2. The molecule has 0 heterocycles. The molecule has 6 nitrogen and oxygen atoms in total. The van der Waals surface area contributed by atoms with Crippen molar-refractivity contribution in [1.29, 1.82) is 0 Å². The number of carboxylic acid groups (broad SMARTS) is 2. The minimum atomic E-state index is -2.33. The summed E-state index contributed by atoms with van der Waals surface area (Å²) in [7, 11) is 0. The van der Waals surface area contributed by atoms with Gasteiger partial charge in [0, 0.05) is 0 Å². The van der Waals surface area contributed by atoms with Gasteiger partial charge in [0.05, 0.1) is 0 Å². The second kappa shape index (κ2) is 16.3. The molecule has 0 spiro atoms. The quantitative estimate of drug-likeness (QED) is 0.345. The van der Waals surface area contributed by atoms with Crippen molar-refractivity contribution in [1.82, 2.24) is 0 Å². The Morgan fingerprint density at radius 3 is 1.00 bits per heavy atom.